The second kappa shape index (κ2) is 14.4. The number of hydrogen-bond acceptors (Lipinski definition) is 6. The van der Waals surface area contributed by atoms with Crippen molar-refractivity contribution in [2.45, 2.75) is 70.3 Å². The van der Waals surface area contributed by atoms with Gasteiger partial charge in [0, 0.05) is 29.9 Å². The second-order valence-electron chi connectivity index (χ2n) is 10.4. The molecular weight excluding hydrogens is 526 g/mol. The fourth-order valence-corrected chi connectivity index (χ4v) is 4.48. The quantitative estimate of drug-likeness (QED) is 0.153. The Kier molecular flexibility index (Phi) is 11.0. The van der Waals surface area contributed by atoms with E-state index >= 15 is 0 Å². The number of carbonyl (C=O) groups is 4. The Bertz CT molecular complexity index is 1340. The molecule has 1 heterocycles. The minimum absolute atomic E-state index is 0.0379. The van der Waals surface area contributed by atoms with Crippen LogP contribution in [0.2, 0.25) is 0 Å². The van der Waals surface area contributed by atoms with Gasteiger partial charge < -0.3 is 36.9 Å². The van der Waals surface area contributed by atoms with Gasteiger partial charge in [-0.2, -0.15) is 0 Å². The first-order valence-electron chi connectivity index (χ1n) is 13.7. The predicted octanol–water partition coefficient (Wildman–Crippen LogP) is 1.25. The number of fused-ring (bicyclic) bond motifs is 1. The summed E-state index contributed by atoms with van der Waals surface area (Å²) in [6.07, 6.45) is 1.24. The van der Waals surface area contributed by atoms with Crippen molar-refractivity contribution in [2.24, 2.45) is 11.7 Å². The molecule has 3 rings (SSSR count). The van der Waals surface area contributed by atoms with Crippen LogP contribution >= 0.6 is 0 Å². The maximum absolute atomic E-state index is 13.5. The van der Waals surface area contributed by atoms with Crippen LogP contribution in [0.4, 0.5) is 0 Å². The molecule has 3 amide bonds. The van der Waals surface area contributed by atoms with Crippen LogP contribution in [0.15, 0.2) is 60.8 Å². The third-order valence-corrected chi connectivity index (χ3v) is 7.24. The summed E-state index contributed by atoms with van der Waals surface area (Å²) >= 11 is 0. The average molecular weight is 566 g/mol. The van der Waals surface area contributed by atoms with Gasteiger partial charge in [-0.25, -0.2) is 4.79 Å². The van der Waals surface area contributed by atoms with Gasteiger partial charge in [0.2, 0.25) is 17.7 Å². The first-order valence-corrected chi connectivity index (χ1v) is 13.7. The van der Waals surface area contributed by atoms with Gasteiger partial charge in [-0.05, 0) is 30.0 Å². The number of carboxylic acid groups (broad SMARTS) is 1. The van der Waals surface area contributed by atoms with E-state index < -0.39 is 54.0 Å². The molecule has 0 saturated carbocycles. The summed E-state index contributed by atoms with van der Waals surface area (Å²) in [6, 6.07) is 11.8. The van der Waals surface area contributed by atoms with Gasteiger partial charge >= 0.3 is 5.97 Å². The van der Waals surface area contributed by atoms with Gasteiger partial charge in [-0.1, -0.05) is 68.8 Å². The lowest BCUT2D eigenvalue weighted by Gasteiger charge is -2.28. The third-order valence-electron chi connectivity index (χ3n) is 7.24. The van der Waals surface area contributed by atoms with Crippen molar-refractivity contribution in [3.8, 4) is 0 Å². The molecule has 11 nitrogen and oxygen atoms in total. The highest BCUT2D eigenvalue weighted by Gasteiger charge is 2.33. The molecule has 41 heavy (non-hydrogen) atoms. The molecule has 0 fully saturated rings. The van der Waals surface area contributed by atoms with E-state index in [4.69, 9.17) is 5.73 Å². The smallest absolute Gasteiger partial charge is 0.326 e. The zero-order valence-electron chi connectivity index (χ0n) is 23.5. The van der Waals surface area contributed by atoms with E-state index in [1.54, 1.807) is 37.4 Å². The number of carbonyl (C=O) groups excluding carboxylic acids is 3. The molecular formula is C30H39N5O6. The van der Waals surface area contributed by atoms with Gasteiger partial charge in [0.25, 0.3) is 0 Å². The number of benzene rings is 2. The van der Waals surface area contributed by atoms with Gasteiger partial charge in [-0.15, -0.1) is 0 Å². The highest BCUT2D eigenvalue weighted by molar-refractivity contribution is 5.94. The Morgan fingerprint density at radius 2 is 1.49 bits per heavy atom. The molecule has 0 aliphatic carbocycles. The molecule has 0 spiro atoms. The summed E-state index contributed by atoms with van der Waals surface area (Å²) in [6.45, 7) is 4.99. The largest absolute Gasteiger partial charge is 0.480 e. The Morgan fingerprint density at radius 3 is 2.12 bits per heavy atom. The molecule has 3 aromatic rings. The van der Waals surface area contributed by atoms with Crippen LogP contribution in [0.25, 0.3) is 10.9 Å². The number of H-pyrrole nitrogens is 1. The number of nitrogens with two attached hydrogens (primary N) is 1. The summed E-state index contributed by atoms with van der Waals surface area (Å²) in [7, 11) is 0. The van der Waals surface area contributed by atoms with E-state index in [9.17, 15) is 29.4 Å². The number of hydrogen-bond donors (Lipinski definition) is 7. The normalized spacial score (nSPS) is 15.6. The molecule has 1 aromatic heterocycles. The number of carboxylic acids is 1. The number of nitrogens with one attached hydrogen (secondary N) is 4. The van der Waals surface area contributed by atoms with E-state index in [-0.39, 0.29) is 18.8 Å². The van der Waals surface area contributed by atoms with Crippen molar-refractivity contribution in [1.82, 2.24) is 20.9 Å². The summed E-state index contributed by atoms with van der Waals surface area (Å²) in [5, 5.41) is 28.4. The lowest BCUT2D eigenvalue weighted by atomic mass is 9.96. The van der Waals surface area contributed by atoms with Gasteiger partial charge in [0.15, 0.2) is 0 Å². The minimum Gasteiger partial charge on any atom is -0.480 e. The van der Waals surface area contributed by atoms with E-state index in [0.717, 1.165) is 22.0 Å². The fraction of sp³-hybridized carbons (Fsp3) is 0.400. The van der Waals surface area contributed by atoms with Crippen LogP contribution in [0.5, 0.6) is 0 Å². The SMILES string of the molecule is CCC(C)C(NC(=O)C(Cc1ccccc1)NC(=O)C(N)C(C)O)C(=O)NC(Cc1c[nH]c2ccccc12)C(=O)O. The number of amides is 3. The number of aromatic amines is 1. The first-order chi connectivity index (χ1) is 19.5. The Labute approximate surface area is 238 Å². The van der Waals surface area contributed by atoms with E-state index in [1.165, 1.54) is 6.92 Å². The molecule has 2 aromatic carbocycles. The molecule has 220 valence electrons. The van der Waals surface area contributed by atoms with Crippen molar-refractivity contribution in [3.05, 3.63) is 71.9 Å². The van der Waals surface area contributed by atoms with E-state index in [0.29, 0.717) is 6.42 Å². The Morgan fingerprint density at radius 1 is 0.854 bits per heavy atom. The Balaban J connectivity index is 1.80. The minimum atomic E-state index is -1.25. The van der Waals surface area contributed by atoms with Crippen LogP contribution in [-0.4, -0.2) is 69.2 Å². The number of aliphatic carboxylic acids is 1. The number of para-hydroxylation sites is 1. The van der Waals surface area contributed by atoms with Crippen LogP contribution in [0.1, 0.15) is 38.3 Å². The van der Waals surface area contributed by atoms with E-state index in [1.807, 2.05) is 37.3 Å². The highest BCUT2D eigenvalue weighted by Crippen LogP contribution is 2.19. The van der Waals surface area contributed by atoms with Crippen molar-refractivity contribution in [1.29, 1.82) is 0 Å². The number of rotatable bonds is 14. The summed E-state index contributed by atoms with van der Waals surface area (Å²) in [4.78, 5) is 54.8. The summed E-state index contributed by atoms with van der Waals surface area (Å²) in [5.74, 6) is -3.56. The summed E-state index contributed by atoms with van der Waals surface area (Å²) < 4.78 is 0. The molecule has 0 radical (unpaired) electrons. The monoisotopic (exact) mass is 565 g/mol. The van der Waals surface area contributed by atoms with Crippen molar-refractivity contribution < 1.29 is 29.4 Å². The van der Waals surface area contributed by atoms with Crippen LogP contribution in [0.3, 0.4) is 0 Å². The van der Waals surface area contributed by atoms with Crippen LogP contribution in [-0.2, 0) is 32.0 Å². The van der Waals surface area contributed by atoms with Crippen molar-refractivity contribution in [2.75, 3.05) is 0 Å². The average Bonchev–Trinajstić information content (AvgIpc) is 3.37. The van der Waals surface area contributed by atoms with Crippen LogP contribution in [0, 0.1) is 5.92 Å². The number of aliphatic hydroxyl groups excluding tert-OH is 1. The molecule has 6 unspecified atom stereocenters. The zero-order chi connectivity index (χ0) is 30.1. The predicted molar refractivity (Wildman–Crippen MR) is 155 cm³/mol. The molecule has 8 N–H and O–H groups in total. The van der Waals surface area contributed by atoms with Gasteiger partial charge in [0.1, 0.15) is 24.2 Å². The number of aromatic nitrogens is 1. The topological polar surface area (TPSA) is 187 Å². The highest BCUT2D eigenvalue weighted by atomic mass is 16.4. The molecule has 0 aliphatic heterocycles. The summed E-state index contributed by atoms with van der Waals surface area (Å²) in [5.41, 5.74) is 8.12. The standard InChI is InChI=1S/C30H39N5O6/c1-4-17(2)26(29(39)34-24(30(40)41)15-20-16-32-22-13-9-8-12-21(20)22)35-27(37)23(14-19-10-6-5-7-11-19)33-28(38)25(31)18(3)36/h5-13,16-18,23-26,32,36H,4,14-15,31H2,1-3H3,(H,33,38)(H,34,39)(H,35,37)(H,40,41). The molecule has 0 bridgehead atoms. The third kappa shape index (κ3) is 8.38. The maximum Gasteiger partial charge on any atom is 0.326 e. The first kappa shape index (κ1) is 31.3. The molecule has 0 saturated heterocycles. The molecule has 11 heteroatoms. The Hall–Kier alpha value is -4.22. The van der Waals surface area contributed by atoms with Crippen molar-refractivity contribution in [3.63, 3.8) is 0 Å². The lowest BCUT2D eigenvalue weighted by Crippen LogP contribution is -2.60. The van der Waals surface area contributed by atoms with Gasteiger partial charge in [-0.3, -0.25) is 14.4 Å². The van der Waals surface area contributed by atoms with Gasteiger partial charge in [0.05, 0.1) is 6.10 Å². The number of aliphatic hydroxyl groups is 1. The second-order valence-corrected chi connectivity index (χ2v) is 10.4. The zero-order valence-corrected chi connectivity index (χ0v) is 23.5. The molecule has 0 aliphatic rings. The van der Waals surface area contributed by atoms with E-state index in [2.05, 4.69) is 20.9 Å². The van der Waals surface area contributed by atoms with Crippen LogP contribution < -0.4 is 21.7 Å². The fourth-order valence-electron chi connectivity index (χ4n) is 4.48. The maximum atomic E-state index is 13.5. The molecule has 6 atom stereocenters. The van der Waals surface area contributed by atoms with Crippen molar-refractivity contribution >= 4 is 34.6 Å². The lowest BCUT2D eigenvalue weighted by molar-refractivity contribution is -0.142.